The van der Waals surface area contributed by atoms with Crippen molar-refractivity contribution in [1.29, 1.82) is 0 Å². The summed E-state index contributed by atoms with van der Waals surface area (Å²) >= 11 is 0. The van der Waals surface area contributed by atoms with E-state index in [4.69, 9.17) is 0 Å². The first kappa shape index (κ1) is 28.5. The van der Waals surface area contributed by atoms with Crippen LogP contribution in [-0.4, -0.2) is 61.6 Å². The second-order valence-corrected chi connectivity index (χ2v) is 12.2. The molecule has 0 spiro atoms. The lowest BCUT2D eigenvalue weighted by Gasteiger charge is -2.31. The molecule has 0 aliphatic heterocycles. The number of carbonyl (C=O) groups is 1. The molecular formula is C20H31F3N2O5S2. The molecule has 1 aromatic carbocycles. The van der Waals surface area contributed by atoms with Gasteiger partial charge in [0.05, 0.1) is 9.79 Å². The first-order valence-electron chi connectivity index (χ1n) is 10.1. The van der Waals surface area contributed by atoms with Crippen molar-refractivity contribution in [3.8, 4) is 0 Å². The number of hydrogen-bond acceptors (Lipinski definition) is 5. The fourth-order valence-electron chi connectivity index (χ4n) is 3.76. The monoisotopic (exact) mass is 500 g/mol. The Hall–Kier alpha value is -1.50. The highest BCUT2D eigenvalue weighted by Crippen LogP contribution is 2.32. The van der Waals surface area contributed by atoms with Gasteiger partial charge in [0, 0.05) is 29.7 Å². The zero-order valence-electron chi connectivity index (χ0n) is 19.4. The van der Waals surface area contributed by atoms with E-state index < -0.39 is 71.5 Å². The number of rotatable bonds is 9. The molecule has 0 atom stereocenters. The van der Waals surface area contributed by atoms with Gasteiger partial charge in [0.15, 0.2) is 0 Å². The lowest BCUT2D eigenvalue weighted by molar-refractivity contribution is -0.0887. The molecular weight excluding hydrogens is 469 g/mol. The van der Waals surface area contributed by atoms with Crippen LogP contribution in [0.3, 0.4) is 0 Å². The molecule has 32 heavy (non-hydrogen) atoms. The number of alkyl halides is 3. The Balaban J connectivity index is 3.95. The van der Waals surface area contributed by atoms with Gasteiger partial charge in [-0.1, -0.05) is 0 Å². The number of Topliss-reactive ketones (excluding diaryl/α,β-unsaturated/α-hetero) is 1. The predicted molar refractivity (Wildman–Crippen MR) is 115 cm³/mol. The fraction of sp³-hybridized carbons (Fsp3) is 0.650. The SMILES string of the molecule is CC(C)N(C(C)C)S(=O)(=O)c1ccc(S(=O)(=O)N(C(C)C)C(C)C)c(C(=O)C(F)(F)F)c1. The molecule has 0 aromatic heterocycles. The van der Waals surface area contributed by atoms with Crippen LogP contribution in [-0.2, 0) is 20.0 Å². The van der Waals surface area contributed by atoms with Crippen LogP contribution in [0.5, 0.6) is 0 Å². The molecule has 0 saturated carbocycles. The Bertz CT molecular complexity index is 1030. The molecule has 0 radical (unpaired) electrons. The largest absolute Gasteiger partial charge is 0.454 e. The fourth-order valence-corrected chi connectivity index (χ4v) is 7.63. The highest BCUT2D eigenvalue weighted by molar-refractivity contribution is 7.89. The smallest absolute Gasteiger partial charge is 0.284 e. The van der Waals surface area contributed by atoms with Crippen molar-refractivity contribution < 1.29 is 34.8 Å². The molecule has 0 aliphatic rings. The molecule has 1 rings (SSSR count). The molecule has 0 aliphatic carbocycles. The van der Waals surface area contributed by atoms with Gasteiger partial charge in [0.25, 0.3) is 5.78 Å². The van der Waals surface area contributed by atoms with Gasteiger partial charge in [-0.25, -0.2) is 16.8 Å². The van der Waals surface area contributed by atoms with Crippen LogP contribution in [0.2, 0.25) is 0 Å². The van der Waals surface area contributed by atoms with Gasteiger partial charge in [0.1, 0.15) is 0 Å². The van der Waals surface area contributed by atoms with Crippen molar-refractivity contribution in [3.05, 3.63) is 23.8 Å². The quantitative estimate of drug-likeness (QED) is 0.477. The molecule has 0 amide bonds. The number of sulfonamides is 2. The van der Waals surface area contributed by atoms with E-state index >= 15 is 0 Å². The van der Waals surface area contributed by atoms with Crippen molar-refractivity contribution in [2.75, 3.05) is 0 Å². The zero-order chi connectivity index (χ0) is 25.4. The van der Waals surface area contributed by atoms with Crippen LogP contribution < -0.4 is 0 Å². The van der Waals surface area contributed by atoms with Gasteiger partial charge >= 0.3 is 6.18 Å². The molecule has 0 bridgehead atoms. The van der Waals surface area contributed by atoms with Crippen LogP contribution in [0.15, 0.2) is 28.0 Å². The minimum Gasteiger partial charge on any atom is -0.284 e. The van der Waals surface area contributed by atoms with Crippen LogP contribution >= 0.6 is 0 Å². The highest BCUT2D eigenvalue weighted by atomic mass is 32.2. The standard InChI is InChI=1S/C20H31F3N2O5S2/c1-12(2)24(13(3)4)31(27,28)16-9-10-18(17(11-16)19(26)20(21,22)23)32(29,30)25(14(5)6)15(7)8/h9-15H,1-8H3. The normalized spacial score (nSPS) is 13.9. The van der Waals surface area contributed by atoms with E-state index in [1.165, 1.54) is 0 Å². The maximum atomic E-state index is 13.3. The molecule has 7 nitrogen and oxygen atoms in total. The molecule has 0 heterocycles. The number of nitrogens with zero attached hydrogens (tertiary/aromatic N) is 2. The summed E-state index contributed by atoms with van der Waals surface area (Å²) in [5.41, 5.74) is -1.22. The van der Waals surface area contributed by atoms with Gasteiger partial charge in [-0.15, -0.1) is 0 Å². The van der Waals surface area contributed by atoms with E-state index in [0.29, 0.717) is 6.07 Å². The van der Waals surface area contributed by atoms with Gasteiger partial charge in [-0.2, -0.15) is 21.8 Å². The van der Waals surface area contributed by atoms with E-state index in [0.717, 1.165) is 20.7 Å². The van der Waals surface area contributed by atoms with Crippen molar-refractivity contribution in [1.82, 2.24) is 8.61 Å². The highest BCUT2D eigenvalue weighted by Gasteiger charge is 2.44. The van der Waals surface area contributed by atoms with Crippen molar-refractivity contribution in [2.24, 2.45) is 0 Å². The third-order valence-corrected chi connectivity index (χ3v) is 9.18. The molecule has 184 valence electrons. The van der Waals surface area contributed by atoms with Gasteiger partial charge in [-0.3, -0.25) is 4.79 Å². The minimum absolute atomic E-state index is 0.509. The third-order valence-electron chi connectivity index (χ3n) is 4.62. The molecule has 1 aromatic rings. The Kier molecular flexibility index (Phi) is 8.72. The molecule has 0 saturated heterocycles. The van der Waals surface area contributed by atoms with Gasteiger partial charge in [0.2, 0.25) is 20.0 Å². The lowest BCUT2D eigenvalue weighted by Crippen LogP contribution is -2.43. The van der Waals surface area contributed by atoms with E-state index in [9.17, 15) is 34.8 Å². The summed E-state index contributed by atoms with van der Waals surface area (Å²) in [7, 11) is -8.86. The Morgan fingerprint density at radius 2 is 1.12 bits per heavy atom. The van der Waals surface area contributed by atoms with Crippen molar-refractivity contribution in [2.45, 2.75) is 95.5 Å². The first-order chi connectivity index (χ1) is 14.3. The average molecular weight is 501 g/mol. The van der Waals surface area contributed by atoms with E-state index in [2.05, 4.69) is 0 Å². The van der Waals surface area contributed by atoms with E-state index in [-0.39, 0.29) is 0 Å². The summed E-state index contributed by atoms with van der Waals surface area (Å²) in [5.74, 6) is -2.43. The first-order valence-corrected chi connectivity index (χ1v) is 13.0. The van der Waals surface area contributed by atoms with Crippen molar-refractivity contribution in [3.63, 3.8) is 0 Å². The van der Waals surface area contributed by atoms with Crippen LogP contribution in [0.1, 0.15) is 65.7 Å². The number of benzene rings is 1. The summed E-state index contributed by atoms with van der Waals surface area (Å²) in [4.78, 5) is 10.7. The number of carbonyl (C=O) groups excluding carboxylic acids is 1. The van der Waals surface area contributed by atoms with Gasteiger partial charge < -0.3 is 0 Å². The summed E-state index contributed by atoms with van der Waals surface area (Å²) in [6.07, 6.45) is -5.40. The number of hydrogen-bond donors (Lipinski definition) is 0. The Morgan fingerprint density at radius 1 is 0.750 bits per heavy atom. The third kappa shape index (κ3) is 5.70. The number of ketones is 1. The van der Waals surface area contributed by atoms with Crippen LogP contribution in [0, 0.1) is 0 Å². The zero-order valence-corrected chi connectivity index (χ0v) is 21.1. The van der Waals surface area contributed by atoms with Gasteiger partial charge in [-0.05, 0) is 73.6 Å². The Morgan fingerprint density at radius 3 is 1.47 bits per heavy atom. The molecule has 0 unspecified atom stereocenters. The molecule has 0 fully saturated rings. The second-order valence-electron chi connectivity index (χ2n) is 8.53. The second kappa shape index (κ2) is 9.78. The van der Waals surface area contributed by atoms with Crippen molar-refractivity contribution >= 4 is 25.8 Å². The van der Waals surface area contributed by atoms with Crippen LogP contribution in [0.25, 0.3) is 0 Å². The predicted octanol–water partition coefficient (Wildman–Crippen LogP) is 4.05. The van der Waals surface area contributed by atoms with E-state index in [1.807, 2.05) is 0 Å². The summed E-state index contributed by atoms with van der Waals surface area (Å²) in [6.45, 7) is 12.6. The van der Waals surface area contributed by atoms with E-state index in [1.54, 1.807) is 55.4 Å². The summed E-state index contributed by atoms with van der Waals surface area (Å²) < 4.78 is 94.8. The maximum Gasteiger partial charge on any atom is 0.454 e. The number of halogens is 3. The lowest BCUT2D eigenvalue weighted by atomic mass is 10.1. The summed E-state index contributed by atoms with van der Waals surface area (Å²) in [6, 6.07) is -0.0902. The molecule has 0 N–H and O–H groups in total. The Labute approximate surface area is 188 Å². The average Bonchev–Trinajstić information content (AvgIpc) is 2.57. The maximum absolute atomic E-state index is 13.3. The topological polar surface area (TPSA) is 91.8 Å². The minimum atomic E-state index is -5.40. The summed E-state index contributed by atoms with van der Waals surface area (Å²) in [5, 5.41) is 0. The molecule has 12 heteroatoms. The van der Waals surface area contributed by atoms with Crippen LogP contribution in [0.4, 0.5) is 13.2 Å².